The number of allylic oxidation sites excluding steroid dienone is 1. The Morgan fingerprint density at radius 2 is 1.96 bits per heavy atom. The fourth-order valence-electron chi connectivity index (χ4n) is 2.52. The van der Waals surface area contributed by atoms with E-state index < -0.39 is 28.3 Å². The molecule has 0 aliphatic carbocycles. The van der Waals surface area contributed by atoms with Gasteiger partial charge in [-0.3, -0.25) is 9.59 Å². The van der Waals surface area contributed by atoms with Crippen LogP contribution < -0.4 is 10.6 Å². The van der Waals surface area contributed by atoms with Crippen LogP contribution in [0.1, 0.15) is 20.8 Å². The lowest BCUT2D eigenvalue weighted by molar-refractivity contribution is -0.125. The number of thioether (sulfide) groups is 1. The van der Waals surface area contributed by atoms with E-state index >= 15 is 0 Å². The van der Waals surface area contributed by atoms with E-state index in [9.17, 15) is 24.5 Å². The standard InChI is InChI=1S/C18H17FN4O2S/c1-10(15(24)22-12-6-4-11(19)5-7-12)26-17-14(9-21)18(2,3)13(8-20)16(25)23-17/h4-7,10,13H,1-3H3,(H,22,24)(H,23,25)/t10-,13-/m0/s1. The van der Waals surface area contributed by atoms with Crippen LogP contribution in [0.15, 0.2) is 34.9 Å². The molecule has 0 aromatic heterocycles. The number of carbonyl (C=O) groups excluding carboxylic acids is 2. The smallest absolute Gasteiger partial charge is 0.243 e. The summed E-state index contributed by atoms with van der Waals surface area (Å²) in [4.78, 5) is 24.5. The quantitative estimate of drug-likeness (QED) is 0.845. The molecule has 0 unspecified atom stereocenters. The number of halogens is 1. The van der Waals surface area contributed by atoms with Crippen LogP contribution in [0.4, 0.5) is 10.1 Å². The van der Waals surface area contributed by atoms with Crippen molar-refractivity contribution in [2.45, 2.75) is 26.0 Å². The summed E-state index contributed by atoms with van der Waals surface area (Å²) in [5.74, 6) is -2.25. The Balaban J connectivity index is 2.20. The monoisotopic (exact) mass is 372 g/mol. The highest BCUT2D eigenvalue weighted by molar-refractivity contribution is 8.04. The Morgan fingerprint density at radius 1 is 1.35 bits per heavy atom. The van der Waals surface area contributed by atoms with Gasteiger partial charge in [-0.15, -0.1) is 0 Å². The fourth-order valence-corrected chi connectivity index (χ4v) is 3.63. The minimum absolute atomic E-state index is 0.259. The lowest BCUT2D eigenvalue weighted by Gasteiger charge is -2.35. The number of anilines is 1. The van der Waals surface area contributed by atoms with Gasteiger partial charge in [-0.25, -0.2) is 4.39 Å². The molecule has 0 saturated heterocycles. The summed E-state index contributed by atoms with van der Waals surface area (Å²) in [7, 11) is 0. The molecule has 6 nitrogen and oxygen atoms in total. The van der Waals surface area contributed by atoms with Gasteiger partial charge in [0.05, 0.1) is 28.0 Å². The SMILES string of the molecule is C[C@H](SC1=C(C#N)C(C)(C)[C@@H](C#N)C(=O)N1)C(=O)Nc1ccc(F)cc1. The first kappa shape index (κ1) is 19.5. The molecule has 0 bridgehead atoms. The van der Waals surface area contributed by atoms with Crippen LogP contribution in [0.25, 0.3) is 0 Å². The first-order valence-electron chi connectivity index (χ1n) is 7.79. The third-order valence-corrected chi connectivity index (χ3v) is 5.22. The van der Waals surface area contributed by atoms with Crippen molar-refractivity contribution in [3.8, 4) is 12.1 Å². The van der Waals surface area contributed by atoms with Crippen molar-refractivity contribution in [2.24, 2.45) is 11.3 Å². The van der Waals surface area contributed by atoms with E-state index in [1.54, 1.807) is 20.8 Å². The van der Waals surface area contributed by atoms with Crippen molar-refractivity contribution in [1.29, 1.82) is 10.5 Å². The van der Waals surface area contributed by atoms with Crippen molar-refractivity contribution in [1.82, 2.24) is 5.32 Å². The summed E-state index contributed by atoms with van der Waals surface area (Å²) in [5, 5.41) is 23.6. The molecule has 0 fully saturated rings. The molecule has 1 aromatic carbocycles. The molecule has 1 heterocycles. The molecule has 0 radical (unpaired) electrons. The predicted octanol–water partition coefficient (Wildman–Crippen LogP) is 2.92. The van der Waals surface area contributed by atoms with E-state index in [0.717, 1.165) is 11.8 Å². The molecule has 0 spiro atoms. The molecule has 1 aromatic rings. The molecule has 0 saturated carbocycles. The van der Waals surface area contributed by atoms with Crippen LogP contribution in [0.2, 0.25) is 0 Å². The Bertz CT molecular complexity index is 849. The summed E-state index contributed by atoms with van der Waals surface area (Å²) in [6.07, 6.45) is 0. The number of rotatable bonds is 4. The minimum atomic E-state index is -0.982. The van der Waals surface area contributed by atoms with Crippen LogP contribution in [0, 0.1) is 39.8 Å². The van der Waals surface area contributed by atoms with Crippen molar-refractivity contribution in [3.63, 3.8) is 0 Å². The number of benzene rings is 1. The minimum Gasteiger partial charge on any atom is -0.325 e. The second-order valence-electron chi connectivity index (χ2n) is 6.35. The highest BCUT2D eigenvalue weighted by Crippen LogP contribution is 2.42. The van der Waals surface area contributed by atoms with Gasteiger partial charge in [0.2, 0.25) is 11.8 Å². The summed E-state index contributed by atoms with van der Waals surface area (Å²) in [6.45, 7) is 4.94. The van der Waals surface area contributed by atoms with Crippen LogP contribution in [0.5, 0.6) is 0 Å². The number of hydrogen-bond donors (Lipinski definition) is 2. The molecule has 1 aliphatic rings. The van der Waals surface area contributed by atoms with E-state index in [-0.39, 0.29) is 16.5 Å². The number of nitriles is 2. The van der Waals surface area contributed by atoms with E-state index in [1.165, 1.54) is 24.3 Å². The van der Waals surface area contributed by atoms with Gasteiger partial charge < -0.3 is 10.6 Å². The summed E-state index contributed by atoms with van der Waals surface area (Å²) in [5.41, 5.74) is -0.257. The first-order valence-corrected chi connectivity index (χ1v) is 8.67. The molecule has 134 valence electrons. The highest BCUT2D eigenvalue weighted by atomic mass is 32.2. The summed E-state index contributed by atoms with van der Waals surface area (Å²) in [6, 6.07) is 9.31. The predicted molar refractivity (Wildman–Crippen MR) is 95.7 cm³/mol. The lowest BCUT2D eigenvalue weighted by Crippen LogP contribution is -2.45. The van der Waals surface area contributed by atoms with Gasteiger partial charge in [-0.05, 0) is 31.2 Å². The van der Waals surface area contributed by atoms with Crippen molar-refractivity contribution >= 4 is 29.3 Å². The van der Waals surface area contributed by atoms with Gasteiger partial charge in [0.1, 0.15) is 11.7 Å². The molecule has 26 heavy (non-hydrogen) atoms. The van der Waals surface area contributed by atoms with Gasteiger partial charge in [-0.1, -0.05) is 25.6 Å². The molecular formula is C18H17FN4O2S. The molecule has 2 N–H and O–H groups in total. The van der Waals surface area contributed by atoms with E-state index in [0.29, 0.717) is 5.69 Å². The van der Waals surface area contributed by atoms with E-state index in [4.69, 9.17) is 0 Å². The van der Waals surface area contributed by atoms with Gasteiger partial charge in [0.25, 0.3) is 0 Å². The van der Waals surface area contributed by atoms with Gasteiger partial charge in [0, 0.05) is 11.1 Å². The van der Waals surface area contributed by atoms with Gasteiger partial charge in [0.15, 0.2) is 0 Å². The van der Waals surface area contributed by atoms with E-state index in [2.05, 4.69) is 10.6 Å². The maximum absolute atomic E-state index is 12.9. The Morgan fingerprint density at radius 3 is 2.50 bits per heavy atom. The average molecular weight is 372 g/mol. The number of hydrogen-bond acceptors (Lipinski definition) is 5. The molecular weight excluding hydrogens is 355 g/mol. The van der Waals surface area contributed by atoms with E-state index in [1.807, 2.05) is 12.1 Å². The second-order valence-corrected chi connectivity index (χ2v) is 7.70. The number of amides is 2. The first-order chi connectivity index (χ1) is 12.2. The zero-order chi connectivity index (χ0) is 19.5. The maximum Gasteiger partial charge on any atom is 0.243 e. The van der Waals surface area contributed by atoms with Crippen LogP contribution >= 0.6 is 11.8 Å². The van der Waals surface area contributed by atoms with Gasteiger partial charge in [-0.2, -0.15) is 10.5 Å². The largest absolute Gasteiger partial charge is 0.325 e. The fraction of sp³-hybridized carbons (Fsp3) is 0.333. The molecule has 8 heteroatoms. The Labute approximate surface area is 155 Å². The molecule has 2 rings (SSSR count). The van der Waals surface area contributed by atoms with Gasteiger partial charge >= 0.3 is 0 Å². The average Bonchev–Trinajstić information content (AvgIpc) is 2.56. The normalized spacial score (nSPS) is 19.8. The summed E-state index contributed by atoms with van der Waals surface area (Å²) < 4.78 is 12.9. The number of nitrogens with zero attached hydrogens (tertiary/aromatic N) is 2. The zero-order valence-electron chi connectivity index (χ0n) is 14.5. The molecule has 1 aliphatic heterocycles. The van der Waals surface area contributed by atoms with Crippen LogP contribution in [0.3, 0.4) is 0 Å². The lowest BCUT2D eigenvalue weighted by atomic mass is 9.72. The zero-order valence-corrected chi connectivity index (χ0v) is 15.3. The Kier molecular flexibility index (Phi) is 5.69. The second kappa shape index (κ2) is 7.59. The maximum atomic E-state index is 12.9. The number of carbonyl (C=O) groups is 2. The number of nitrogens with one attached hydrogen (secondary N) is 2. The molecule has 2 atom stereocenters. The van der Waals surface area contributed by atoms with Crippen LogP contribution in [-0.2, 0) is 9.59 Å². The third kappa shape index (κ3) is 3.87. The highest BCUT2D eigenvalue weighted by Gasteiger charge is 2.45. The summed E-state index contributed by atoms with van der Waals surface area (Å²) >= 11 is 1.03. The Hall–Kier alpha value is -2.84. The topological polar surface area (TPSA) is 106 Å². The van der Waals surface area contributed by atoms with Crippen molar-refractivity contribution in [2.75, 3.05) is 5.32 Å². The van der Waals surface area contributed by atoms with Crippen LogP contribution in [-0.4, -0.2) is 17.1 Å². The molecule has 2 amide bonds. The van der Waals surface area contributed by atoms with Crippen molar-refractivity contribution < 1.29 is 14.0 Å². The third-order valence-electron chi connectivity index (χ3n) is 4.11. The van der Waals surface area contributed by atoms with Crippen molar-refractivity contribution in [3.05, 3.63) is 40.7 Å².